The molecule has 0 aliphatic heterocycles. The average molecular weight is 367 g/mol. The summed E-state index contributed by atoms with van der Waals surface area (Å²) in [5, 5.41) is 9.54. The molecule has 0 aliphatic rings. The number of nitriles is 1. The Morgan fingerprint density at radius 2 is 2.00 bits per heavy atom. The van der Waals surface area contributed by atoms with Gasteiger partial charge in [-0.05, 0) is 31.2 Å². The van der Waals surface area contributed by atoms with Gasteiger partial charge in [0.2, 0.25) is 5.88 Å². The fourth-order valence-corrected chi connectivity index (χ4v) is 2.69. The number of para-hydroxylation sites is 1. The van der Waals surface area contributed by atoms with Gasteiger partial charge in [0.15, 0.2) is 11.6 Å². The molecule has 0 N–H and O–H groups in total. The number of carbonyl (C=O) groups is 1. The molecule has 0 spiro atoms. The number of hydrogen-bond donors (Lipinski definition) is 0. The Balaban J connectivity index is 1.74. The van der Waals surface area contributed by atoms with Gasteiger partial charge in [0.1, 0.15) is 29.6 Å². The van der Waals surface area contributed by atoms with Crippen LogP contribution in [0.4, 0.5) is 4.39 Å². The third-order valence-electron chi connectivity index (χ3n) is 4.10. The number of amides is 1. The van der Waals surface area contributed by atoms with E-state index in [1.807, 2.05) is 0 Å². The van der Waals surface area contributed by atoms with Crippen LogP contribution in [0.2, 0.25) is 0 Å². The quantitative estimate of drug-likeness (QED) is 0.668. The summed E-state index contributed by atoms with van der Waals surface area (Å²) in [5.74, 6) is -0.0180. The van der Waals surface area contributed by atoms with E-state index >= 15 is 0 Å². The highest BCUT2D eigenvalue weighted by molar-refractivity contribution is 5.98. The van der Waals surface area contributed by atoms with E-state index in [-0.39, 0.29) is 35.9 Å². The zero-order valence-electron chi connectivity index (χ0n) is 15.0. The van der Waals surface area contributed by atoms with Crippen LogP contribution in [0.5, 0.6) is 5.75 Å². The first kappa shape index (κ1) is 18.3. The molecule has 1 aromatic carbocycles. The van der Waals surface area contributed by atoms with Gasteiger partial charge in [-0.25, -0.2) is 4.39 Å². The van der Waals surface area contributed by atoms with Crippen LogP contribution in [0.15, 0.2) is 53.2 Å². The van der Waals surface area contributed by atoms with E-state index in [9.17, 15) is 14.4 Å². The van der Waals surface area contributed by atoms with Gasteiger partial charge in [-0.2, -0.15) is 5.26 Å². The van der Waals surface area contributed by atoms with Crippen molar-refractivity contribution in [2.45, 2.75) is 6.92 Å². The van der Waals surface area contributed by atoms with Crippen molar-refractivity contribution in [3.05, 3.63) is 71.5 Å². The Morgan fingerprint density at radius 1 is 1.30 bits per heavy atom. The minimum absolute atomic E-state index is 0.117. The summed E-state index contributed by atoms with van der Waals surface area (Å²) in [6, 6.07) is 11.7. The zero-order chi connectivity index (χ0) is 19.4. The SMILES string of the molecule is Cc1oc(-n2cccc2)c(C#N)c1C(=O)N(C)CCOc1ccccc1F. The first-order valence-electron chi connectivity index (χ1n) is 8.32. The Hall–Kier alpha value is -3.53. The van der Waals surface area contributed by atoms with Gasteiger partial charge in [-0.15, -0.1) is 0 Å². The number of nitrogens with zero attached hydrogens (tertiary/aromatic N) is 3. The highest BCUT2D eigenvalue weighted by atomic mass is 19.1. The molecule has 0 fully saturated rings. The van der Waals surface area contributed by atoms with Gasteiger partial charge in [-0.1, -0.05) is 12.1 Å². The standard InChI is InChI=1S/C20H18FN3O3/c1-14-18(15(13-22)20(27-14)24-9-5-6-10-24)19(25)23(2)11-12-26-17-8-4-3-7-16(17)21/h3-10H,11-12H2,1-2H3. The minimum atomic E-state index is -0.458. The maximum atomic E-state index is 13.6. The van der Waals surface area contributed by atoms with E-state index < -0.39 is 5.82 Å². The summed E-state index contributed by atoms with van der Waals surface area (Å²) in [4.78, 5) is 14.2. The molecule has 0 aliphatic carbocycles. The molecular weight excluding hydrogens is 349 g/mol. The number of rotatable bonds is 6. The van der Waals surface area contributed by atoms with Crippen molar-refractivity contribution < 1.29 is 18.3 Å². The van der Waals surface area contributed by atoms with Gasteiger partial charge in [0.25, 0.3) is 5.91 Å². The molecule has 0 atom stereocenters. The summed E-state index contributed by atoms with van der Waals surface area (Å²) in [5.41, 5.74) is 0.394. The Kier molecular flexibility index (Phi) is 5.27. The minimum Gasteiger partial charge on any atom is -0.489 e. The number of halogens is 1. The van der Waals surface area contributed by atoms with Crippen LogP contribution < -0.4 is 4.74 Å². The second-order valence-electron chi connectivity index (χ2n) is 5.92. The molecule has 138 valence electrons. The third-order valence-corrected chi connectivity index (χ3v) is 4.10. The number of benzene rings is 1. The number of carbonyl (C=O) groups excluding carboxylic acids is 1. The van der Waals surface area contributed by atoms with E-state index in [2.05, 4.69) is 6.07 Å². The largest absolute Gasteiger partial charge is 0.489 e. The van der Waals surface area contributed by atoms with E-state index in [4.69, 9.17) is 9.15 Å². The van der Waals surface area contributed by atoms with Crippen molar-refractivity contribution in [2.24, 2.45) is 0 Å². The number of furan rings is 1. The Bertz CT molecular complexity index is 987. The predicted octanol–water partition coefficient (Wildman–Crippen LogP) is 3.54. The predicted molar refractivity (Wildman–Crippen MR) is 96.3 cm³/mol. The smallest absolute Gasteiger partial charge is 0.258 e. The van der Waals surface area contributed by atoms with Crippen LogP contribution in [-0.2, 0) is 0 Å². The van der Waals surface area contributed by atoms with Gasteiger partial charge < -0.3 is 14.1 Å². The summed E-state index contributed by atoms with van der Waals surface area (Å²) in [7, 11) is 1.59. The van der Waals surface area contributed by atoms with Crippen molar-refractivity contribution in [1.29, 1.82) is 5.26 Å². The first-order chi connectivity index (χ1) is 13.0. The second kappa shape index (κ2) is 7.79. The summed E-state index contributed by atoms with van der Waals surface area (Å²) in [6.45, 7) is 1.98. The molecular formula is C20H18FN3O3. The highest BCUT2D eigenvalue weighted by Gasteiger charge is 2.26. The molecule has 0 saturated heterocycles. The van der Waals surface area contributed by atoms with Crippen LogP contribution in [0.1, 0.15) is 21.7 Å². The Labute approximate surface area is 156 Å². The van der Waals surface area contributed by atoms with Gasteiger partial charge in [0, 0.05) is 19.4 Å². The topological polar surface area (TPSA) is 71.4 Å². The van der Waals surface area contributed by atoms with Crippen molar-refractivity contribution in [2.75, 3.05) is 20.2 Å². The molecule has 27 heavy (non-hydrogen) atoms. The van der Waals surface area contributed by atoms with Crippen molar-refractivity contribution in [1.82, 2.24) is 9.47 Å². The molecule has 2 heterocycles. The fourth-order valence-electron chi connectivity index (χ4n) is 2.69. The van der Waals surface area contributed by atoms with Gasteiger partial charge in [-0.3, -0.25) is 9.36 Å². The molecule has 0 radical (unpaired) electrons. The van der Waals surface area contributed by atoms with Gasteiger partial charge >= 0.3 is 0 Å². The molecule has 2 aromatic heterocycles. The maximum Gasteiger partial charge on any atom is 0.258 e. The van der Waals surface area contributed by atoms with Crippen molar-refractivity contribution in [3.63, 3.8) is 0 Å². The number of aromatic nitrogens is 1. The average Bonchev–Trinajstić information content (AvgIpc) is 3.29. The molecule has 6 nitrogen and oxygen atoms in total. The lowest BCUT2D eigenvalue weighted by Crippen LogP contribution is -2.31. The van der Waals surface area contributed by atoms with E-state index in [1.165, 1.54) is 17.0 Å². The third kappa shape index (κ3) is 3.70. The van der Waals surface area contributed by atoms with Crippen LogP contribution in [0.3, 0.4) is 0 Å². The van der Waals surface area contributed by atoms with E-state index in [0.717, 1.165) is 0 Å². The summed E-state index contributed by atoms with van der Waals surface area (Å²) < 4.78 is 26.2. The van der Waals surface area contributed by atoms with Crippen LogP contribution in [-0.4, -0.2) is 35.6 Å². The monoisotopic (exact) mass is 367 g/mol. The number of aryl methyl sites for hydroxylation is 1. The molecule has 7 heteroatoms. The highest BCUT2D eigenvalue weighted by Crippen LogP contribution is 2.26. The van der Waals surface area contributed by atoms with Gasteiger partial charge in [0.05, 0.1) is 6.54 Å². The molecule has 3 aromatic rings. The molecule has 3 rings (SSSR count). The van der Waals surface area contributed by atoms with Crippen LogP contribution in [0.25, 0.3) is 5.88 Å². The zero-order valence-corrected chi connectivity index (χ0v) is 15.0. The number of likely N-dealkylation sites (N-methyl/N-ethyl adjacent to an activating group) is 1. The van der Waals surface area contributed by atoms with Crippen LogP contribution >= 0.6 is 0 Å². The lowest BCUT2D eigenvalue weighted by Gasteiger charge is -2.17. The molecule has 0 saturated carbocycles. The van der Waals surface area contributed by atoms with Crippen molar-refractivity contribution >= 4 is 5.91 Å². The van der Waals surface area contributed by atoms with Crippen molar-refractivity contribution in [3.8, 4) is 17.7 Å². The normalized spacial score (nSPS) is 10.4. The first-order valence-corrected chi connectivity index (χ1v) is 8.32. The lowest BCUT2D eigenvalue weighted by molar-refractivity contribution is 0.0771. The lowest BCUT2D eigenvalue weighted by atomic mass is 10.1. The Morgan fingerprint density at radius 3 is 2.67 bits per heavy atom. The fraction of sp³-hybridized carbons (Fsp3) is 0.200. The molecule has 0 bridgehead atoms. The van der Waals surface area contributed by atoms with E-state index in [1.54, 1.807) is 55.2 Å². The second-order valence-corrected chi connectivity index (χ2v) is 5.92. The van der Waals surface area contributed by atoms with Crippen LogP contribution in [0, 0.1) is 24.1 Å². The van der Waals surface area contributed by atoms with E-state index in [0.29, 0.717) is 11.6 Å². The summed E-state index contributed by atoms with van der Waals surface area (Å²) in [6.07, 6.45) is 3.47. The summed E-state index contributed by atoms with van der Waals surface area (Å²) >= 11 is 0. The maximum absolute atomic E-state index is 13.6. The molecule has 0 unspecified atom stereocenters. The number of ether oxygens (including phenoxy) is 1. The molecule has 1 amide bonds. The number of hydrogen-bond acceptors (Lipinski definition) is 4.